The summed E-state index contributed by atoms with van der Waals surface area (Å²) in [5, 5.41) is 8.13. The summed E-state index contributed by atoms with van der Waals surface area (Å²) in [7, 11) is 3.78. The first-order chi connectivity index (χ1) is 11.5. The Morgan fingerprint density at radius 2 is 1.83 bits per heavy atom. The largest absolute Gasteiger partial charge is 0.424 e. The number of nitrogens with zero attached hydrogens (tertiary/aromatic N) is 4. The van der Waals surface area contributed by atoms with Gasteiger partial charge in [0, 0.05) is 6.54 Å². The van der Waals surface area contributed by atoms with Gasteiger partial charge in [-0.15, -0.1) is 10.2 Å². The molecule has 0 aliphatic heterocycles. The summed E-state index contributed by atoms with van der Waals surface area (Å²) in [4.78, 5) is 17.7. The molecule has 0 saturated carbocycles. The second-order valence-electron chi connectivity index (χ2n) is 5.34. The van der Waals surface area contributed by atoms with Gasteiger partial charge in [0.15, 0.2) is 11.6 Å². The van der Waals surface area contributed by atoms with Gasteiger partial charge in [-0.05, 0) is 38.4 Å². The normalized spacial score (nSPS) is 11.1. The van der Waals surface area contributed by atoms with Gasteiger partial charge in [-0.1, -0.05) is 12.1 Å². The molecule has 0 aliphatic rings. The molecule has 2 aromatic rings. The van der Waals surface area contributed by atoms with E-state index in [4.69, 9.17) is 16.2 Å². The first-order valence-electron chi connectivity index (χ1n) is 7.34. The quantitative estimate of drug-likeness (QED) is 0.477. The molecule has 0 unspecified atom stereocenters. The fourth-order valence-electron chi connectivity index (χ4n) is 1.79. The van der Waals surface area contributed by atoms with Crippen molar-refractivity contribution in [1.82, 2.24) is 9.88 Å². The maximum atomic E-state index is 11.9. The number of carbonyl (C=O) groups is 1. The van der Waals surface area contributed by atoms with Crippen LogP contribution in [0.2, 0.25) is 0 Å². The lowest BCUT2D eigenvalue weighted by atomic mass is 10.3. The zero-order valence-corrected chi connectivity index (χ0v) is 13.6. The second-order valence-corrected chi connectivity index (χ2v) is 5.34. The van der Waals surface area contributed by atoms with E-state index in [0.29, 0.717) is 29.5 Å². The van der Waals surface area contributed by atoms with E-state index in [9.17, 15) is 4.79 Å². The molecule has 126 valence electrons. The third-order valence-corrected chi connectivity index (χ3v) is 3.04. The minimum Gasteiger partial charge on any atom is -0.424 e. The number of nitrogen functional groups attached to an aromatic ring is 2. The maximum absolute atomic E-state index is 11.9. The number of esters is 1. The fraction of sp³-hybridized carbons (Fsp3) is 0.250. The van der Waals surface area contributed by atoms with Crippen molar-refractivity contribution in [2.24, 2.45) is 10.2 Å². The molecule has 0 radical (unpaired) electrons. The molecule has 0 atom stereocenters. The van der Waals surface area contributed by atoms with Gasteiger partial charge in [0.25, 0.3) is 0 Å². The molecule has 0 aliphatic carbocycles. The molecule has 0 amide bonds. The van der Waals surface area contributed by atoms with Crippen molar-refractivity contribution >= 4 is 29.0 Å². The van der Waals surface area contributed by atoms with Crippen LogP contribution in [-0.4, -0.2) is 36.5 Å². The molecule has 0 saturated heterocycles. The van der Waals surface area contributed by atoms with E-state index in [2.05, 4.69) is 15.2 Å². The van der Waals surface area contributed by atoms with Gasteiger partial charge in [0.2, 0.25) is 0 Å². The molecule has 0 bridgehead atoms. The van der Waals surface area contributed by atoms with Gasteiger partial charge in [-0.25, -0.2) is 4.98 Å². The highest BCUT2D eigenvalue weighted by atomic mass is 16.5. The lowest BCUT2D eigenvalue weighted by Gasteiger charge is -2.09. The van der Waals surface area contributed by atoms with Crippen molar-refractivity contribution in [3.05, 3.63) is 36.4 Å². The van der Waals surface area contributed by atoms with Crippen LogP contribution in [0.1, 0.15) is 6.42 Å². The van der Waals surface area contributed by atoms with Crippen molar-refractivity contribution in [3.8, 4) is 5.75 Å². The van der Waals surface area contributed by atoms with Gasteiger partial charge in [0.05, 0.1) is 6.42 Å². The molecule has 24 heavy (non-hydrogen) atoms. The number of hydrogen-bond acceptors (Lipinski definition) is 8. The summed E-state index contributed by atoms with van der Waals surface area (Å²) in [5.74, 6) is 0.493. The van der Waals surface area contributed by atoms with Gasteiger partial charge >= 0.3 is 5.97 Å². The van der Waals surface area contributed by atoms with Crippen LogP contribution >= 0.6 is 0 Å². The van der Waals surface area contributed by atoms with Crippen LogP contribution in [0.15, 0.2) is 46.6 Å². The highest BCUT2D eigenvalue weighted by Crippen LogP contribution is 2.30. The predicted molar refractivity (Wildman–Crippen MR) is 92.5 cm³/mol. The average Bonchev–Trinajstić information content (AvgIpc) is 2.53. The smallest absolute Gasteiger partial charge is 0.312 e. The predicted octanol–water partition coefficient (Wildman–Crippen LogP) is 2.52. The number of rotatable bonds is 6. The summed E-state index contributed by atoms with van der Waals surface area (Å²) in [6.07, 6.45) is 0.285. The van der Waals surface area contributed by atoms with Crippen molar-refractivity contribution in [2.45, 2.75) is 6.42 Å². The van der Waals surface area contributed by atoms with E-state index in [0.717, 1.165) is 0 Å². The summed E-state index contributed by atoms with van der Waals surface area (Å²) < 4.78 is 5.35. The second kappa shape index (κ2) is 8.02. The highest BCUT2D eigenvalue weighted by molar-refractivity contribution is 5.74. The zero-order chi connectivity index (χ0) is 17.5. The van der Waals surface area contributed by atoms with Crippen molar-refractivity contribution < 1.29 is 9.53 Å². The minimum atomic E-state index is -0.333. The Hall–Kier alpha value is -3.00. The topological polar surface area (TPSA) is 119 Å². The van der Waals surface area contributed by atoms with E-state index in [1.807, 2.05) is 19.0 Å². The average molecular weight is 328 g/mol. The molecule has 1 aromatic heterocycles. The summed E-state index contributed by atoms with van der Waals surface area (Å²) in [5.41, 5.74) is 12.1. The third-order valence-electron chi connectivity index (χ3n) is 3.04. The molecule has 8 heteroatoms. The number of azo groups is 1. The SMILES string of the molecule is CN(C)CCC(=O)Oc1ccccc1/N=N/c1ccc(N)nc1N. The summed E-state index contributed by atoms with van der Waals surface area (Å²) in [6.45, 7) is 0.607. The van der Waals surface area contributed by atoms with E-state index < -0.39 is 0 Å². The summed E-state index contributed by atoms with van der Waals surface area (Å²) >= 11 is 0. The number of nitrogens with two attached hydrogens (primary N) is 2. The monoisotopic (exact) mass is 328 g/mol. The molecule has 0 spiro atoms. The minimum absolute atomic E-state index is 0.180. The number of para-hydroxylation sites is 1. The Morgan fingerprint density at radius 3 is 2.54 bits per heavy atom. The van der Waals surface area contributed by atoms with Crippen molar-refractivity contribution in [1.29, 1.82) is 0 Å². The number of anilines is 2. The Morgan fingerprint density at radius 1 is 1.12 bits per heavy atom. The number of carbonyl (C=O) groups excluding carboxylic acids is 1. The maximum Gasteiger partial charge on any atom is 0.312 e. The molecular weight excluding hydrogens is 308 g/mol. The Balaban J connectivity index is 2.13. The van der Waals surface area contributed by atoms with E-state index >= 15 is 0 Å². The first kappa shape index (κ1) is 17.4. The lowest BCUT2D eigenvalue weighted by molar-refractivity contribution is -0.134. The fourth-order valence-corrected chi connectivity index (χ4v) is 1.79. The zero-order valence-electron chi connectivity index (χ0n) is 13.6. The van der Waals surface area contributed by atoms with E-state index in [-0.39, 0.29) is 18.2 Å². The molecule has 1 aromatic carbocycles. The molecule has 0 fully saturated rings. The molecule has 8 nitrogen and oxygen atoms in total. The van der Waals surface area contributed by atoms with Crippen LogP contribution in [0, 0.1) is 0 Å². The first-order valence-corrected chi connectivity index (χ1v) is 7.34. The molecule has 1 heterocycles. The number of pyridine rings is 1. The summed E-state index contributed by atoms with van der Waals surface area (Å²) in [6, 6.07) is 10.1. The lowest BCUT2D eigenvalue weighted by Crippen LogP contribution is -2.19. The Kier molecular flexibility index (Phi) is 5.80. The third kappa shape index (κ3) is 5.03. The van der Waals surface area contributed by atoms with Gasteiger partial charge < -0.3 is 21.1 Å². The number of hydrogen-bond donors (Lipinski definition) is 2. The highest BCUT2D eigenvalue weighted by Gasteiger charge is 2.09. The van der Waals surface area contributed by atoms with Crippen LogP contribution in [0.25, 0.3) is 0 Å². The Bertz CT molecular complexity index is 745. The van der Waals surface area contributed by atoms with Gasteiger partial charge in [-0.3, -0.25) is 4.79 Å². The standard InChI is InChI=1S/C16H20N6O2/c1-22(2)10-9-15(23)24-13-6-4-3-5-11(13)20-21-12-7-8-14(17)19-16(12)18/h3-8H,9-10H2,1-2H3,(H4,17,18,19)/b21-20+. The van der Waals surface area contributed by atoms with Gasteiger partial charge in [-0.2, -0.15) is 0 Å². The van der Waals surface area contributed by atoms with E-state index in [1.54, 1.807) is 36.4 Å². The van der Waals surface area contributed by atoms with E-state index in [1.165, 1.54) is 0 Å². The number of aromatic nitrogens is 1. The Labute approximate surface area is 140 Å². The van der Waals surface area contributed by atoms with Crippen LogP contribution < -0.4 is 16.2 Å². The molecule has 2 rings (SSSR count). The van der Waals surface area contributed by atoms with Crippen LogP contribution in [0.5, 0.6) is 5.75 Å². The van der Waals surface area contributed by atoms with Crippen LogP contribution in [0.4, 0.5) is 23.0 Å². The van der Waals surface area contributed by atoms with Crippen LogP contribution in [0.3, 0.4) is 0 Å². The van der Waals surface area contributed by atoms with Crippen molar-refractivity contribution in [3.63, 3.8) is 0 Å². The molecular formula is C16H20N6O2. The number of benzene rings is 1. The van der Waals surface area contributed by atoms with Gasteiger partial charge in [0.1, 0.15) is 17.2 Å². The number of ether oxygens (including phenoxy) is 1. The van der Waals surface area contributed by atoms with Crippen LogP contribution in [-0.2, 0) is 4.79 Å². The van der Waals surface area contributed by atoms with Crippen molar-refractivity contribution in [2.75, 3.05) is 32.1 Å². The molecule has 4 N–H and O–H groups in total.